The van der Waals surface area contributed by atoms with Crippen molar-refractivity contribution in [2.75, 3.05) is 7.11 Å². The summed E-state index contributed by atoms with van der Waals surface area (Å²) in [5, 5.41) is 0. The lowest BCUT2D eigenvalue weighted by Crippen LogP contribution is -2.50. The van der Waals surface area contributed by atoms with Crippen molar-refractivity contribution < 1.29 is 35.5 Å². The third-order valence-electron chi connectivity index (χ3n) is 1.86. The molecule has 0 aliphatic carbocycles. The van der Waals surface area contributed by atoms with Crippen molar-refractivity contribution in [3.63, 3.8) is 0 Å². The van der Waals surface area contributed by atoms with Gasteiger partial charge in [0.25, 0.3) is 0 Å². The second kappa shape index (κ2) is 4.15. The van der Waals surface area contributed by atoms with Crippen LogP contribution in [0.15, 0.2) is 0 Å². The molecule has 0 saturated heterocycles. The Morgan fingerprint density at radius 1 is 1.00 bits per heavy atom. The summed E-state index contributed by atoms with van der Waals surface area (Å²) in [5.74, 6) is 0. The third kappa shape index (κ3) is 3.84. The molecular weight excluding hydrogens is 233 g/mol. The van der Waals surface area contributed by atoms with E-state index in [4.69, 9.17) is 0 Å². The minimum absolute atomic E-state index is 0.0207. The Morgan fingerprint density at radius 2 is 1.40 bits per heavy atom. The fourth-order valence-corrected chi connectivity index (χ4v) is 0.889. The first-order chi connectivity index (χ1) is 6.42. The molecule has 0 rings (SSSR count). The van der Waals surface area contributed by atoms with Crippen molar-refractivity contribution >= 4 is 0 Å². The molecule has 8 heteroatoms. The van der Waals surface area contributed by atoms with Crippen LogP contribution >= 0.6 is 0 Å². The molecule has 0 saturated carbocycles. The van der Waals surface area contributed by atoms with Crippen LogP contribution in [0.25, 0.3) is 0 Å². The first-order valence-electron chi connectivity index (χ1n) is 3.77. The molecule has 0 spiro atoms. The molecule has 2 atom stereocenters. The highest BCUT2D eigenvalue weighted by molar-refractivity contribution is 4.91. The number of methoxy groups -OCH3 is 1. The molecule has 0 amide bonds. The van der Waals surface area contributed by atoms with E-state index in [1.165, 1.54) is 0 Å². The van der Waals surface area contributed by atoms with Gasteiger partial charge in [0.05, 0.1) is 6.42 Å². The number of hydrogen-bond acceptors (Lipinski definition) is 1. The van der Waals surface area contributed by atoms with Gasteiger partial charge < -0.3 is 4.74 Å². The molecule has 0 aliphatic heterocycles. The van der Waals surface area contributed by atoms with Crippen LogP contribution in [-0.2, 0) is 4.74 Å². The Kier molecular flexibility index (Phi) is 4.00. The predicted octanol–water partition coefficient (Wildman–Crippen LogP) is 3.24. The van der Waals surface area contributed by atoms with E-state index in [2.05, 4.69) is 4.74 Å². The third-order valence-corrected chi connectivity index (χ3v) is 1.86. The smallest absolute Gasteiger partial charge is 0.377 e. The Hall–Kier alpha value is -0.530. The minimum Gasteiger partial charge on any atom is -0.377 e. The van der Waals surface area contributed by atoms with Gasteiger partial charge in [-0.05, 0) is 6.92 Å². The van der Waals surface area contributed by atoms with Crippen molar-refractivity contribution in [3.8, 4) is 0 Å². The van der Waals surface area contributed by atoms with Crippen LogP contribution in [0, 0.1) is 0 Å². The van der Waals surface area contributed by atoms with Crippen molar-refractivity contribution in [1.82, 2.24) is 0 Å². The Balaban J connectivity index is 4.82. The first-order valence-corrected chi connectivity index (χ1v) is 3.77. The molecule has 0 aliphatic rings. The highest BCUT2D eigenvalue weighted by Gasteiger charge is 2.59. The van der Waals surface area contributed by atoms with Gasteiger partial charge in [0.1, 0.15) is 6.10 Å². The van der Waals surface area contributed by atoms with Gasteiger partial charge in [-0.15, -0.1) is 0 Å². The van der Waals surface area contributed by atoms with Crippen LogP contribution in [0.5, 0.6) is 0 Å². The molecule has 0 aromatic carbocycles. The molecule has 0 radical (unpaired) electrons. The molecule has 2 unspecified atom stereocenters. The van der Waals surface area contributed by atoms with Crippen LogP contribution in [0.1, 0.15) is 13.3 Å². The van der Waals surface area contributed by atoms with Gasteiger partial charge in [-0.2, -0.15) is 26.3 Å². The predicted molar refractivity (Wildman–Crippen MR) is 37.0 cm³/mol. The van der Waals surface area contributed by atoms with Crippen molar-refractivity contribution in [2.45, 2.75) is 37.5 Å². The normalized spacial score (nSPS) is 19.8. The topological polar surface area (TPSA) is 9.23 Å². The van der Waals surface area contributed by atoms with E-state index in [0.29, 0.717) is 7.11 Å². The van der Waals surface area contributed by atoms with Crippen LogP contribution in [0.2, 0.25) is 0 Å². The summed E-state index contributed by atoms with van der Waals surface area (Å²) in [6.07, 6.45) is -14.9. The molecule has 0 N–H and O–H groups in total. The van der Waals surface area contributed by atoms with Crippen molar-refractivity contribution in [1.29, 1.82) is 0 Å². The molecule has 15 heavy (non-hydrogen) atoms. The van der Waals surface area contributed by atoms with Gasteiger partial charge in [-0.1, -0.05) is 0 Å². The summed E-state index contributed by atoms with van der Waals surface area (Å²) in [7, 11) is 0.597. The highest BCUT2D eigenvalue weighted by Crippen LogP contribution is 2.41. The lowest BCUT2D eigenvalue weighted by Gasteiger charge is -2.31. The van der Waals surface area contributed by atoms with Gasteiger partial charge >= 0.3 is 12.4 Å². The molecule has 0 aromatic rings. The van der Waals surface area contributed by atoms with E-state index in [9.17, 15) is 30.7 Å². The fourth-order valence-electron chi connectivity index (χ4n) is 0.889. The van der Waals surface area contributed by atoms with E-state index in [1.807, 2.05) is 0 Å². The van der Waals surface area contributed by atoms with Crippen LogP contribution in [0.3, 0.4) is 0 Å². The number of hydrogen-bond donors (Lipinski definition) is 0. The minimum atomic E-state index is -5.40. The zero-order valence-electron chi connectivity index (χ0n) is 7.84. The summed E-state index contributed by atoms with van der Waals surface area (Å²) >= 11 is 0. The number of alkyl halides is 7. The summed E-state index contributed by atoms with van der Waals surface area (Å²) in [6, 6.07) is 0. The quantitative estimate of drug-likeness (QED) is 0.690. The lowest BCUT2D eigenvalue weighted by molar-refractivity contribution is -0.271. The molecule has 1 nitrogen and oxygen atoms in total. The maximum absolute atomic E-state index is 13.0. The van der Waals surface area contributed by atoms with E-state index in [0.717, 1.165) is 0 Å². The highest BCUT2D eigenvalue weighted by atomic mass is 19.4. The van der Waals surface area contributed by atoms with E-state index in [-0.39, 0.29) is 6.92 Å². The Morgan fingerprint density at radius 3 is 1.60 bits per heavy atom. The maximum atomic E-state index is 13.0. The van der Waals surface area contributed by atoms with Gasteiger partial charge in [-0.25, -0.2) is 4.39 Å². The molecule has 0 bridgehead atoms. The SMILES string of the molecule is COC(CC(F)(F)F)C(C)(F)C(F)(F)F. The Bertz CT molecular complexity index is 204. The standard InChI is InChI=1S/C7H9F7O/c1-5(8,7(12,13)14)4(15-2)3-6(9,10)11/h4H,3H2,1-2H3. The van der Waals surface area contributed by atoms with Crippen LogP contribution in [0.4, 0.5) is 30.7 Å². The zero-order valence-corrected chi connectivity index (χ0v) is 7.84. The molecule has 92 valence electrons. The van der Waals surface area contributed by atoms with Crippen molar-refractivity contribution in [2.24, 2.45) is 0 Å². The largest absolute Gasteiger partial charge is 0.424 e. The maximum Gasteiger partial charge on any atom is 0.424 e. The summed E-state index contributed by atoms with van der Waals surface area (Å²) < 4.78 is 88.4. The second-order valence-electron chi connectivity index (χ2n) is 3.12. The van der Waals surface area contributed by atoms with E-state index >= 15 is 0 Å². The van der Waals surface area contributed by atoms with Gasteiger partial charge in [0.2, 0.25) is 5.67 Å². The average Bonchev–Trinajstić information content (AvgIpc) is 1.95. The average molecular weight is 242 g/mol. The van der Waals surface area contributed by atoms with Crippen molar-refractivity contribution in [3.05, 3.63) is 0 Å². The number of halogens is 7. The number of ether oxygens (including phenoxy) is 1. The van der Waals surface area contributed by atoms with Crippen LogP contribution in [-0.4, -0.2) is 31.2 Å². The van der Waals surface area contributed by atoms with Gasteiger partial charge in [0.15, 0.2) is 0 Å². The molecule has 0 aromatic heterocycles. The summed E-state index contributed by atoms with van der Waals surface area (Å²) in [6.45, 7) is 0.0207. The van der Waals surface area contributed by atoms with E-state index < -0.39 is 30.5 Å². The lowest BCUT2D eigenvalue weighted by atomic mass is 9.97. The molecular formula is C7H9F7O. The van der Waals surface area contributed by atoms with Gasteiger partial charge in [0, 0.05) is 7.11 Å². The molecule has 0 heterocycles. The molecule has 0 fully saturated rings. The fraction of sp³-hybridized carbons (Fsp3) is 1.00. The Labute approximate surface area is 81.2 Å². The summed E-state index contributed by atoms with van der Waals surface area (Å²) in [5.41, 5.74) is -4.03. The summed E-state index contributed by atoms with van der Waals surface area (Å²) in [4.78, 5) is 0. The van der Waals surface area contributed by atoms with E-state index in [1.54, 1.807) is 0 Å². The first kappa shape index (κ1) is 14.5. The van der Waals surface area contributed by atoms with Crippen LogP contribution < -0.4 is 0 Å². The number of rotatable bonds is 3. The monoisotopic (exact) mass is 242 g/mol. The van der Waals surface area contributed by atoms with Gasteiger partial charge in [-0.3, -0.25) is 0 Å². The second-order valence-corrected chi connectivity index (χ2v) is 3.12. The zero-order chi connectivity index (χ0) is 12.5.